The standard InChI is InChI=1S/C36H39ClN2O6S/c1-25-28(9-6-10-31(25)32-11-7-12-34(26(32)2)43-16-8-15-39-13-4-5-14-39)24-45-36-19-35(29(22-40)18-33(36)37)44-23-27-17-30(21-38-20-27)46(3,41)42/h6-7,9-12,17-22H,4-5,8,13-16,23-24H2,1-3H3. The van der Waals surface area contributed by atoms with Crippen LogP contribution in [0.3, 0.4) is 0 Å². The van der Waals surface area contributed by atoms with E-state index in [1.807, 2.05) is 24.3 Å². The molecule has 0 atom stereocenters. The SMILES string of the molecule is Cc1c(COc2cc(OCc3cncc(S(C)(=O)=O)c3)c(C=O)cc2Cl)cccc1-c1cccc(OCCCN2CCCC2)c1C. The molecule has 0 bridgehead atoms. The fourth-order valence-corrected chi connectivity index (χ4v) is 6.46. The zero-order chi connectivity index (χ0) is 32.7. The van der Waals surface area contributed by atoms with E-state index in [4.69, 9.17) is 25.8 Å². The third-order valence-corrected chi connectivity index (χ3v) is 9.64. The summed E-state index contributed by atoms with van der Waals surface area (Å²) in [6.45, 7) is 8.56. The van der Waals surface area contributed by atoms with Gasteiger partial charge in [-0.25, -0.2) is 8.42 Å². The Morgan fingerprint density at radius 1 is 0.870 bits per heavy atom. The molecule has 5 rings (SSSR count). The number of likely N-dealkylation sites (tertiary alicyclic amines) is 1. The van der Waals surface area contributed by atoms with E-state index in [9.17, 15) is 13.2 Å². The second-order valence-electron chi connectivity index (χ2n) is 11.6. The van der Waals surface area contributed by atoms with E-state index in [1.54, 1.807) is 6.07 Å². The van der Waals surface area contributed by atoms with Crippen LogP contribution in [0.25, 0.3) is 11.1 Å². The second kappa shape index (κ2) is 15.1. The number of benzene rings is 3. The Labute approximate surface area is 276 Å². The zero-order valence-electron chi connectivity index (χ0n) is 26.4. The minimum absolute atomic E-state index is 0.000000575. The third kappa shape index (κ3) is 8.26. The Morgan fingerprint density at radius 2 is 1.59 bits per heavy atom. The molecule has 8 nitrogen and oxygen atoms in total. The molecular formula is C36H39ClN2O6S. The number of ether oxygens (including phenoxy) is 3. The molecule has 46 heavy (non-hydrogen) atoms. The van der Waals surface area contributed by atoms with Crippen molar-refractivity contribution < 1.29 is 27.4 Å². The highest BCUT2D eigenvalue weighted by molar-refractivity contribution is 7.90. The van der Waals surface area contributed by atoms with Gasteiger partial charge >= 0.3 is 0 Å². The fraction of sp³-hybridized carbons (Fsp3) is 0.333. The van der Waals surface area contributed by atoms with Gasteiger partial charge in [-0.2, -0.15) is 0 Å². The first-order valence-electron chi connectivity index (χ1n) is 15.4. The maximum Gasteiger partial charge on any atom is 0.177 e. The first kappa shape index (κ1) is 33.4. The van der Waals surface area contributed by atoms with Gasteiger partial charge in [-0.15, -0.1) is 0 Å². The van der Waals surface area contributed by atoms with E-state index in [2.05, 4.69) is 35.9 Å². The molecule has 1 aliphatic heterocycles. The molecule has 0 aliphatic carbocycles. The number of rotatable bonds is 14. The van der Waals surface area contributed by atoms with Crippen molar-refractivity contribution in [3.63, 3.8) is 0 Å². The van der Waals surface area contributed by atoms with Crippen molar-refractivity contribution in [2.24, 2.45) is 0 Å². The smallest absolute Gasteiger partial charge is 0.177 e. The molecule has 0 spiro atoms. The Hall–Kier alpha value is -3.92. The van der Waals surface area contributed by atoms with Crippen LogP contribution in [0.1, 0.15) is 51.9 Å². The van der Waals surface area contributed by atoms with E-state index < -0.39 is 9.84 Å². The van der Waals surface area contributed by atoms with Gasteiger partial charge < -0.3 is 19.1 Å². The number of sulfone groups is 1. The minimum atomic E-state index is -3.42. The van der Waals surface area contributed by atoms with Crippen molar-refractivity contribution in [3.05, 3.63) is 99.8 Å². The van der Waals surface area contributed by atoms with E-state index in [-0.39, 0.29) is 34.4 Å². The average Bonchev–Trinajstić information content (AvgIpc) is 3.56. The predicted octanol–water partition coefficient (Wildman–Crippen LogP) is 7.26. The van der Waals surface area contributed by atoms with Crippen molar-refractivity contribution in [1.29, 1.82) is 0 Å². The number of carbonyl (C=O) groups is 1. The number of aromatic nitrogens is 1. The molecule has 0 radical (unpaired) electrons. The van der Waals surface area contributed by atoms with Crippen LogP contribution in [0.15, 0.2) is 71.9 Å². The number of nitrogens with zero attached hydrogens (tertiary/aromatic N) is 2. The fourth-order valence-electron chi connectivity index (χ4n) is 5.61. The van der Waals surface area contributed by atoms with E-state index in [0.29, 0.717) is 24.2 Å². The predicted molar refractivity (Wildman–Crippen MR) is 180 cm³/mol. The molecule has 242 valence electrons. The number of carbonyl (C=O) groups excluding carboxylic acids is 1. The lowest BCUT2D eigenvalue weighted by Gasteiger charge is -2.18. The normalized spacial score (nSPS) is 13.5. The molecule has 0 saturated carbocycles. The summed E-state index contributed by atoms with van der Waals surface area (Å²) in [4.78, 5) is 18.4. The first-order valence-corrected chi connectivity index (χ1v) is 17.6. The van der Waals surface area contributed by atoms with Crippen molar-refractivity contribution in [3.8, 4) is 28.4 Å². The molecule has 2 heterocycles. The van der Waals surface area contributed by atoms with Crippen LogP contribution in [0, 0.1) is 13.8 Å². The van der Waals surface area contributed by atoms with Gasteiger partial charge in [0.05, 0.1) is 22.1 Å². The van der Waals surface area contributed by atoms with Crippen molar-refractivity contribution >= 4 is 27.7 Å². The number of halogens is 1. The summed E-state index contributed by atoms with van der Waals surface area (Å²) in [6, 6.07) is 16.9. The molecule has 0 N–H and O–H groups in total. The van der Waals surface area contributed by atoms with Crippen molar-refractivity contribution in [2.75, 3.05) is 32.5 Å². The summed E-state index contributed by atoms with van der Waals surface area (Å²) >= 11 is 6.50. The number of pyridine rings is 1. The quantitative estimate of drug-likeness (QED) is 0.103. The van der Waals surface area contributed by atoms with Gasteiger partial charge in [0.1, 0.15) is 30.5 Å². The molecule has 1 fully saturated rings. The van der Waals surface area contributed by atoms with Gasteiger partial charge in [0.2, 0.25) is 0 Å². The van der Waals surface area contributed by atoms with E-state index >= 15 is 0 Å². The summed E-state index contributed by atoms with van der Waals surface area (Å²) in [5.74, 6) is 1.52. The largest absolute Gasteiger partial charge is 0.493 e. The molecule has 10 heteroatoms. The van der Waals surface area contributed by atoms with Crippen LogP contribution in [0.2, 0.25) is 5.02 Å². The van der Waals surface area contributed by atoms with Gasteiger partial charge in [0, 0.05) is 36.8 Å². The highest BCUT2D eigenvalue weighted by Crippen LogP contribution is 2.36. The second-order valence-corrected chi connectivity index (χ2v) is 14.0. The molecule has 3 aromatic carbocycles. The summed E-state index contributed by atoms with van der Waals surface area (Å²) in [7, 11) is -3.42. The topological polar surface area (TPSA) is 95.0 Å². The van der Waals surface area contributed by atoms with Crippen LogP contribution in [0.4, 0.5) is 0 Å². The maximum absolute atomic E-state index is 11.9. The first-order chi connectivity index (χ1) is 22.1. The van der Waals surface area contributed by atoms with Gasteiger partial charge in [-0.1, -0.05) is 41.9 Å². The lowest BCUT2D eigenvalue weighted by Crippen LogP contribution is -2.22. The number of aldehydes is 1. The minimum Gasteiger partial charge on any atom is -0.493 e. The summed E-state index contributed by atoms with van der Waals surface area (Å²) in [5.41, 5.74) is 6.14. The summed E-state index contributed by atoms with van der Waals surface area (Å²) in [6.07, 6.45) is 8.16. The lowest BCUT2D eigenvalue weighted by molar-refractivity contribution is 0.111. The zero-order valence-corrected chi connectivity index (χ0v) is 28.0. The van der Waals surface area contributed by atoms with Gasteiger partial charge in [-0.3, -0.25) is 9.78 Å². The highest BCUT2D eigenvalue weighted by atomic mass is 35.5. The number of hydrogen-bond donors (Lipinski definition) is 0. The summed E-state index contributed by atoms with van der Waals surface area (Å²) in [5, 5.41) is 0.273. The average molecular weight is 663 g/mol. The van der Waals surface area contributed by atoms with Crippen LogP contribution in [0.5, 0.6) is 17.2 Å². The van der Waals surface area contributed by atoms with Gasteiger partial charge in [0.15, 0.2) is 16.1 Å². The molecule has 1 aliphatic rings. The van der Waals surface area contributed by atoms with Crippen LogP contribution in [-0.2, 0) is 23.1 Å². The third-order valence-electron chi connectivity index (χ3n) is 8.26. The molecule has 1 saturated heterocycles. The Morgan fingerprint density at radius 3 is 2.33 bits per heavy atom. The Kier molecular flexibility index (Phi) is 11.0. The van der Waals surface area contributed by atoms with Crippen LogP contribution in [-0.4, -0.2) is 57.1 Å². The Balaban J connectivity index is 1.28. The molecule has 0 amide bonds. The molecular weight excluding hydrogens is 624 g/mol. The van der Waals surface area contributed by atoms with Crippen molar-refractivity contribution in [2.45, 2.75) is 51.2 Å². The van der Waals surface area contributed by atoms with Crippen LogP contribution < -0.4 is 14.2 Å². The summed E-state index contributed by atoms with van der Waals surface area (Å²) < 4.78 is 42.1. The Bertz CT molecular complexity index is 1800. The molecule has 4 aromatic rings. The van der Waals surface area contributed by atoms with Crippen LogP contribution >= 0.6 is 11.6 Å². The van der Waals surface area contributed by atoms with Crippen molar-refractivity contribution in [1.82, 2.24) is 9.88 Å². The maximum atomic E-state index is 11.9. The van der Waals surface area contributed by atoms with Gasteiger partial charge in [0.25, 0.3) is 0 Å². The molecule has 0 unspecified atom stereocenters. The number of hydrogen-bond acceptors (Lipinski definition) is 8. The molecule has 1 aromatic heterocycles. The van der Waals surface area contributed by atoms with E-state index in [1.165, 1.54) is 50.5 Å². The lowest BCUT2D eigenvalue weighted by atomic mass is 9.93. The monoisotopic (exact) mass is 662 g/mol. The highest BCUT2D eigenvalue weighted by Gasteiger charge is 2.16. The van der Waals surface area contributed by atoms with E-state index in [0.717, 1.165) is 52.8 Å². The van der Waals surface area contributed by atoms with Gasteiger partial charge in [-0.05, 0) is 92.2 Å².